The highest BCUT2D eigenvalue weighted by molar-refractivity contribution is 5.20. The van der Waals surface area contributed by atoms with Gasteiger partial charge in [-0.1, -0.05) is 30.3 Å². The summed E-state index contributed by atoms with van der Waals surface area (Å²) in [6.45, 7) is 0.295. The Bertz CT molecular complexity index is 445. The van der Waals surface area contributed by atoms with Crippen molar-refractivity contribution in [3.05, 3.63) is 35.9 Å². The molecule has 0 aliphatic rings. The van der Waals surface area contributed by atoms with Crippen molar-refractivity contribution in [2.45, 2.75) is 12.5 Å². The second-order valence-corrected chi connectivity index (χ2v) is 3.51. The molecule has 4 nitrogen and oxygen atoms in total. The normalized spacial score (nSPS) is 11.2. The second-order valence-electron chi connectivity index (χ2n) is 3.51. The number of nitrogens with zero attached hydrogens (tertiary/aromatic N) is 4. The molecule has 1 rings (SSSR count). The minimum absolute atomic E-state index is 0.148. The van der Waals surface area contributed by atoms with E-state index in [1.54, 1.807) is 4.90 Å². The van der Waals surface area contributed by atoms with Gasteiger partial charge in [0.15, 0.2) is 0 Å². The van der Waals surface area contributed by atoms with Gasteiger partial charge in [-0.05, 0) is 5.56 Å². The molecule has 1 atom stereocenters. The third kappa shape index (κ3) is 3.61. The van der Waals surface area contributed by atoms with Crippen LogP contribution in [0, 0.1) is 34.0 Å². The Morgan fingerprint density at radius 3 is 2.00 bits per heavy atom. The fourth-order valence-corrected chi connectivity index (χ4v) is 1.68. The molecule has 0 heterocycles. The van der Waals surface area contributed by atoms with Gasteiger partial charge in [0.05, 0.1) is 37.7 Å². The molecule has 0 spiro atoms. The van der Waals surface area contributed by atoms with Crippen LogP contribution in [-0.4, -0.2) is 18.0 Å². The highest BCUT2D eigenvalue weighted by atomic mass is 15.1. The van der Waals surface area contributed by atoms with Crippen LogP contribution in [-0.2, 0) is 0 Å². The van der Waals surface area contributed by atoms with E-state index in [0.29, 0.717) is 0 Å². The van der Waals surface area contributed by atoms with Crippen LogP contribution in [0.5, 0.6) is 0 Å². The van der Waals surface area contributed by atoms with E-state index in [9.17, 15) is 0 Å². The summed E-state index contributed by atoms with van der Waals surface area (Å²) >= 11 is 0. The lowest BCUT2D eigenvalue weighted by Gasteiger charge is -2.25. The first-order valence-electron chi connectivity index (χ1n) is 5.23. The first kappa shape index (κ1) is 12.7. The third-order valence-corrected chi connectivity index (χ3v) is 2.46. The van der Waals surface area contributed by atoms with E-state index >= 15 is 0 Å². The van der Waals surface area contributed by atoms with Crippen LogP contribution in [0.2, 0.25) is 0 Å². The standard InChI is InChI=1S/C13H12N4/c14-7-6-13(12-4-2-1-3-5-12)17(10-8-15)11-9-16/h1-5,13H,6,10-11H2. The molecular formula is C13H12N4. The maximum Gasteiger partial charge on any atom is 0.0879 e. The maximum atomic E-state index is 8.84. The van der Waals surface area contributed by atoms with Crippen molar-refractivity contribution in [3.8, 4) is 18.2 Å². The average molecular weight is 224 g/mol. The van der Waals surface area contributed by atoms with Gasteiger partial charge >= 0.3 is 0 Å². The maximum absolute atomic E-state index is 8.84. The van der Waals surface area contributed by atoms with E-state index in [1.807, 2.05) is 42.5 Å². The summed E-state index contributed by atoms with van der Waals surface area (Å²) in [7, 11) is 0. The van der Waals surface area contributed by atoms with Gasteiger partial charge in [0, 0.05) is 6.04 Å². The lowest BCUT2D eigenvalue weighted by Crippen LogP contribution is -2.29. The van der Waals surface area contributed by atoms with Crippen LogP contribution >= 0.6 is 0 Å². The van der Waals surface area contributed by atoms with E-state index in [1.165, 1.54) is 0 Å². The van der Waals surface area contributed by atoms with Crippen LogP contribution in [0.4, 0.5) is 0 Å². The average Bonchev–Trinajstić information content (AvgIpc) is 2.37. The molecule has 0 aliphatic heterocycles. The first-order chi connectivity index (χ1) is 8.33. The Hall–Kier alpha value is -2.35. The summed E-state index contributed by atoms with van der Waals surface area (Å²) in [4.78, 5) is 1.71. The Kier molecular flexibility index (Phi) is 5.25. The van der Waals surface area contributed by atoms with Gasteiger partial charge in [-0.2, -0.15) is 15.8 Å². The van der Waals surface area contributed by atoms with Crippen molar-refractivity contribution in [2.75, 3.05) is 13.1 Å². The van der Waals surface area contributed by atoms with Crippen molar-refractivity contribution in [1.82, 2.24) is 4.90 Å². The van der Waals surface area contributed by atoms with Crippen LogP contribution < -0.4 is 0 Å². The second kappa shape index (κ2) is 7.01. The molecule has 0 N–H and O–H groups in total. The van der Waals surface area contributed by atoms with Gasteiger partial charge in [-0.15, -0.1) is 0 Å². The Balaban J connectivity index is 2.96. The topological polar surface area (TPSA) is 74.6 Å². The lowest BCUT2D eigenvalue weighted by atomic mass is 10.0. The molecule has 84 valence electrons. The van der Waals surface area contributed by atoms with E-state index in [0.717, 1.165) is 5.56 Å². The molecular weight excluding hydrogens is 212 g/mol. The Labute approximate surface area is 101 Å². The number of benzene rings is 1. The number of hydrogen-bond acceptors (Lipinski definition) is 4. The molecule has 0 bridgehead atoms. The molecule has 0 fully saturated rings. The first-order valence-corrected chi connectivity index (χ1v) is 5.23. The number of rotatable bonds is 5. The van der Waals surface area contributed by atoms with Crippen molar-refractivity contribution < 1.29 is 0 Å². The molecule has 0 aliphatic carbocycles. The van der Waals surface area contributed by atoms with Crippen molar-refractivity contribution in [2.24, 2.45) is 0 Å². The van der Waals surface area contributed by atoms with Gasteiger partial charge in [0.2, 0.25) is 0 Å². The smallest absolute Gasteiger partial charge is 0.0879 e. The van der Waals surface area contributed by atoms with Gasteiger partial charge in [0.25, 0.3) is 0 Å². The zero-order chi connectivity index (χ0) is 12.5. The van der Waals surface area contributed by atoms with Crippen molar-refractivity contribution >= 4 is 0 Å². The summed E-state index contributed by atoms with van der Waals surface area (Å²) in [5, 5.41) is 26.3. The molecule has 17 heavy (non-hydrogen) atoms. The molecule has 1 aromatic rings. The highest BCUT2D eigenvalue weighted by Gasteiger charge is 2.19. The number of nitriles is 3. The Morgan fingerprint density at radius 1 is 0.941 bits per heavy atom. The quantitative estimate of drug-likeness (QED) is 0.717. The molecule has 1 unspecified atom stereocenters. The van der Waals surface area contributed by atoms with E-state index in [2.05, 4.69) is 6.07 Å². The van der Waals surface area contributed by atoms with Crippen LogP contribution in [0.15, 0.2) is 30.3 Å². The highest BCUT2D eigenvalue weighted by Crippen LogP contribution is 2.23. The molecule has 0 amide bonds. The Morgan fingerprint density at radius 2 is 1.53 bits per heavy atom. The molecule has 4 heteroatoms. The third-order valence-electron chi connectivity index (χ3n) is 2.46. The predicted octanol–water partition coefficient (Wildman–Crippen LogP) is 1.99. The van der Waals surface area contributed by atoms with E-state index in [4.69, 9.17) is 15.8 Å². The fourth-order valence-electron chi connectivity index (χ4n) is 1.68. The predicted molar refractivity (Wildman–Crippen MR) is 62.2 cm³/mol. The summed E-state index contributed by atoms with van der Waals surface area (Å²) in [6, 6.07) is 15.4. The largest absolute Gasteiger partial charge is 0.269 e. The molecule has 0 saturated heterocycles. The zero-order valence-electron chi connectivity index (χ0n) is 9.37. The van der Waals surface area contributed by atoms with Gasteiger partial charge in [-0.3, -0.25) is 4.90 Å². The fraction of sp³-hybridized carbons (Fsp3) is 0.308. The molecule has 0 saturated carbocycles. The minimum Gasteiger partial charge on any atom is -0.269 e. The SMILES string of the molecule is N#CCC(c1ccccc1)N(CC#N)CC#N. The van der Waals surface area contributed by atoms with Gasteiger partial charge < -0.3 is 0 Å². The minimum atomic E-state index is -0.194. The zero-order valence-corrected chi connectivity index (χ0v) is 9.37. The van der Waals surface area contributed by atoms with Crippen LogP contribution in [0.1, 0.15) is 18.0 Å². The van der Waals surface area contributed by atoms with E-state index < -0.39 is 0 Å². The van der Waals surface area contributed by atoms with Gasteiger partial charge in [-0.25, -0.2) is 0 Å². The monoisotopic (exact) mass is 224 g/mol. The molecule has 0 aromatic heterocycles. The van der Waals surface area contributed by atoms with Crippen LogP contribution in [0.3, 0.4) is 0 Å². The molecule has 0 radical (unpaired) electrons. The summed E-state index contributed by atoms with van der Waals surface area (Å²) < 4.78 is 0. The van der Waals surface area contributed by atoms with Crippen molar-refractivity contribution in [1.29, 1.82) is 15.8 Å². The van der Waals surface area contributed by atoms with E-state index in [-0.39, 0.29) is 25.6 Å². The van der Waals surface area contributed by atoms with Crippen molar-refractivity contribution in [3.63, 3.8) is 0 Å². The summed E-state index contributed by atoms with van der Waals surface area (Å²) in [5.41, 5.74) is 0.958. The molecule has 1 aromatic carbocycles. The summed E-state index contributed by atoms with van der Waals surface area (Å²) in [6.07, 6.45) is 0.271. The van der Waals surface area contributed by atoms with Gasteiger partial charge in [0.1, 0.15) is 0 Å². The number of hydrogen-bond donors (Lipinski definition) is 0. The summed E-state index contributed by atoms with van der Waals surface area (Å²) in [5.74, 6) is 0. The lowest BCUT2D eigenvalue weighted by molar-refractivity contribution is 0.251. The van der Waals surface area contributed by atoms with Crippen LogP contribution in [0.25, 0.3) is 0 Å².